The molecule has 2 aromatic heterocycles. The van der Waals surface area contributed by atoms with Crippen molar-refractivity contribution >= 4 is 28.8 Å². The van der Waals surface area contributed by atoms with E-state index in [9.17, 15) is 4.79 Å². The molecule has 0 aliphatic rings. The number of carbonyl (C=O) groups excluding carboxylic acids is 1. The number of halogens is 1. The summed E-state index contributed by atoms with van der Waals surface area (Å²) in [4.78, 5) is 17.9. The maximum Gasteiger partial charge on any atom is 0.274 e. The lowest BCUT2D eigenvalue weighted by Gasteiger charge is -2.14. The highest BCUT2D eigenvalue weighted by atomic mass is 35.5. The molecule has 7 heteroatoms. The van der Waals surface area contributed by atoms with E-state index >= 15 is 0 Å². The van der Waals surface area contributed by atoms with Crippen molar-refractivity contribution in [1.29, 1.82) is 0 Å². The predicted molar refractivity (Wildman–Crippen MR) is 69.7 cm³/mol. The van der Waals surface area contributed by atoms with E-state index in [-0.39, 0.29) is 16.8 Å². The van der Waals surface area contributed by atoms with Crippen LogP contribution in [0.3, 0.4) is 0 Å². The number of rotatable bonds is 3. The monoisotopic (exact) mass is 282 g/mol. The van der Waals surface area contributed by atoms with Gasteiger partial charge in [0, 0.05) is 12.4 Å². The van der Waals surface area contributed by atoms with Gasteiger partial charge in [-0.3, -0.25) is 4.79 Å². The standard InChI is InChI=1S/C11H11ClN4OS/c1-7-13-8(6-18-7)5-16(2)11(17)9-3-4-10(12)15-14-9/h3-4,6H,5H2,1-2H3. The Hall–Kier alpha value is -1.53. The second-order valence-electron chi connectivity index (χ2n) is 3.76. The molecule has 18 heavy (non-hydrogen) atoms. The molecule has 0 N–H and O–H groups in total. The Bertz CT molecular complexity index is 554. The minimum atomic E-state index is -0.204. The van der Waals surface area contributed by atoms with Crippen LogP contribution in [0.4, 0.5) is 0 Å². The molecular formula is C11H11ClN4OS. The summed E-state index contributed by atoms with van der Waals surface area (Å²) in [6, 6.07) is 3.10. The number of nitrogens with zero attached hydrogens (tertiary/aromatic N) is 4. The van der Waals surface area contributed by atoms with E-state index in [1.807, 2.05) is 12.3 Å². The van der Waals surface area contributed by atoms with Crippen molar-refractivity contribution in [1.82, 2.24) is 20.1 Å². The number of hydrogen-bond donors (Lipinski definition) is 0. The van der Waals surface area contributed by atoms with Gasteiger partial charge in [0.2, 0.25) is 0 Å². The van der Waals surface area contributed by atoms with Crippen molar-refractivity contribution < 1.29 is 4.79 Å². The van der Waals surface area contributed by atoms with Crippen molar-refractivity contribution in [3.63, 3.8) is 0 Å². The van der Waals surface area contributed by atoms with E-state index in [1.165, 1.54) is 0 Å². The Labute approximate surface area is 113 Å². The first kappa shape index (κ1) is 12.9. The van der Waals surface area contributed by atoms with Crippen molar-refractivity contribution in [3.05, 3.63) is 39.1 Å². The summed E-state index contributed by atoms with van der Waals surface area (Å²) in [6.07, 6.45) is 0. The van der Waals surface area contributed by atoms with Gasteiger partial charge < -0.3 is 4.90 Å². The van der Waals surface area contributed by atoms with Crippen LogP contribution in [0.2, 0.25) is 5.15 Å². The predicted octanol–water partition coefficient (Wildman–Crippen LogP) is 2.17. The van der Waals surface area contributed by atoms with Crippen LogP contribution in [0.5, 0.6) is 0 Å². The fraction of sp³-hybridized carbons (Fsp3) is 0.273. The Balaban J connectivity index is 2.07. The molecule has 2 aromatic rings. The third-order valence-corrected chi connectivity index (χ3v) is 3.29. The lowest BCUT2D eigenvalue weighted by molar-refractivity contribution is 0.0776. The van der Waals surface area contributed by atoms with Gasteiger partial charge >= 0.3 is 0 Å². The highest BCUT2D eigenvalue weighted by molar-refractivity contribution is 7.09. The first-order valence-corrected chi connectivity index (χ1v) is 6.47. The summed E-state index contributed by atoms with van der Waals surface area (Å²) in [5, 5.41) is 10.6. The largest absolute Gasteiger partial charge is 0.334 e. The highest BCUT2D eigenvalue weighted by Gasteiger charge is 2.15. The summed E-state index contributed by atoms with van der Waals surface area (Å²) in [7, 11) is 1.70. The van der Waals surface area contributed by atoms with E-state index in [0.717, 1.165) is 10.7 Å². The Morgan fingerprint density at radius 1 is 1.44 bits per heavy atom. The molecule has 0 aliphatic carbocycles. The topological polar surface area (TPSA) is 59.0 Å². The number of hydrogen-bond acceptors (Lipinski definition) is 5. The molecule has 0 radical (unpaired) electrons. The maximum absolute atomic E-state index is 12.0. The van der Waals surface area contributed by atoms with Crippen LogP contribution < -0.4 is 0 Å². The summed E-state index contributed by atoms with van der Waals surface area (Å²) < 4.78 is 0. The Kier molecular flexibility index (Phi) is 3.88. The van der Waals surface area contributed by atoms with Gasteiger partial charge in [0.15, 0.2) is 10.8 Å². The molecule has 0 aromatic carbocycles. The molecule has 5 nitrogen and oxygen atoms in total. The van der Waals surface area contributed by atoms with Crippen LogP contribution in [0, 0.1) is 6.92 Å². The summed E-state index contributed by atoms with van der Waals surface area (Å²) in [5.74, 6) is -0.204. The molecule has 2 rings (SSSR count). The highest BCUT2D eigenvalue weighted by Crippen LogP contribution is 2.11. The molecule has 0 bridgehead atoms. The molecule has 0 fully saturated rings. The first-order valence-electron chi connectivity index (χ1n) is 5.22. The summed E-state index contributed by atoms with van der Waals surface area (Å²) in [5.41, 5.74) is 1.14. The number of amides is 1. The number of aromatic nitrogens is 3. The van der Waals surface area contributed by atoms with Gasteiger partial charge in [-0.15, -0.1) is 21.5 Å². The van der Waals surface area contributed by atoms with Crippen LogP contribution in [0.25, 0.3) is 0 Å². The number of thiazole rings is 1. The maximum atomic E-state index is 12.0. The molecule has 94 valence electrons. The second kappa shape index (κ2) is 5.41. The van der Waals surface area contributed by atoms with Gasteiger partial charge in [-0.05, 0) is 19.1 Å². The molecular weight excluding hydrogens is 272 g/mol. The van der Waals surface area contributed by atoms with Crippen LogP contribution in [-0.4, -0.2) is 33.0 Å². The molecule has 0 unspecified atom stereocenters. The zero-order valence-corrected chi connectivity index (χ0v) is 11.5. The van der Waals surface area contributed by atoms with E-state index < -0.39 is 0 Å². The van der Waals surface area contributed by atoms with Gasteiger partial charge in [-0.2, -0.15) is 0 Å². The van der Waals surface area contributed by atoms with E-state index in [0.29, 0.717) is 6.54 Å². The molecule has 2 heterocycles. The first-order chi connectivity index (χ1) is 8.56. The van der Waals surface area contributed by atoms with Crippen LogP contribution in [0.1, 0.15) is 21.2 Å². The third-order valence-electron chi connectivity index (χ3n) is 2.26. The number of carbonyl (C=O) groups is 1. The molecule has 0 saturated carbocycles. The fourth-order valence-electron chi connectivity index (χ4n) is 1.42. The minimum Gasteiger partial charge on any atom is -0.334 e. The average Bonchev–Trinajstić information content (AvgIpc) is 2.75. The van der Waals surface area contributed by atoms with Gasteiger partial charge in [-0.1, -0.05) is 11.6 Å². The zero-order chi connectivity index (χ0) is 13.1. The van der Waals surface area contributed by atoms with Gasteiger partial charge in [0.05, 0.1) is 17.2 Å². The average molecular weight is 283 g/mol. The van der Waals surface area contributed by atoms with Crippen molar-refractivity contribution in [2.75, 3.05) is 7.05 Å². The molecule has 0 atom stereocenters. The third kappa shape index (κ3) is 3.02. The quantitative estimate of drug-likeness (QED) is 0.866. The lowest BCUT2D eigenvalue weighted by atomic mass is 10.3. The van der Waals surface area contributed by atoms with Gasteiger partial charge in [0.25, 0.3) is 5.91 Å². The number of aryl methyl sites for hydroxylation is 1. The smallest absolute Gasteiger partial charge is 0.274 e. The van der Waals surface area contributed by atoms with E-state index in [2.05, 4.69) is 15.2 Å². The fourth-order valence-corrected chi connectivity index (χ4v) is 2.13. The van der Waals surface area contributed by atoms with Crippen LogP contribution in [0.15, 0.2) is 17.5 Å². The SMILES string of the molecule is Cc1nc(CN(C)C(=O)c2ccc(Cl)nn2)cs1. The molecule has 0 aliphatic heterocycles. The van der Waals surface area contributed by atoms with Gasteiger partial charge in [0.1, 0.15) is 0 Å². The van der Waals surface area contributed by atoms with Crippen LogP contribution >= 0.6 is 22.9 Å². The molecule has 1 amide bonds. The van der Waals surface area contributed by atoms with E-state index in [4.69, 9.17) is 11.6 Å². The van der Waals surface area contributed by atoms with Crippen LogP contribution in [-0.2, 0) is 6.54 Å². The second-order valence-corrected chi connectivity index (χ2v) is 5.21. The van der Waals surface area contributed by atoms with Crippen molar-refractivity contribution in [2.45, 2.75) is 13.5 Å². The minimum absolute atomic E-state index is 0.204. The van der Waals surface area contributed by atoms with Gasteiger partial charge in [-0.25, -0.2) is 4.98 Å². The van der Waals surface area contributed by atoms with Crippen molar-refractivity contribution in [2.24, 2.45) is 0 Å². The molecule has 0 spiro atoms. The molecule has 0 saturated heterocycles. The van der Waals surface area contributed by atoms with E-state index in [1.54, 1.807) is 35.4 Å². The van der Waals surface area contributed by atoms with Crippen molar-refractivity contribution in [3.8, 4) is 0 Å². The summed E-state index contributed by atoms with van der Waals surface area (Å²) >= 11 is 7.18. The Morgan fingerprint density at radius 3 is 2.78 bits per heavy atom. The normalized spacial score (nSPS) is 10.4. The Morgan fingerprint density at radius 2 is 2.22 bits per heavy atom. The zero-order valence-electron chi connectivity index (χ0n) is 9.92. The summed E-state index contributed by atoms with van der Waals surface area (Å²) in [6.45, 7) is 2.38. The lowest BCUT2D eigenvalue weighted by Crippen LogP contribution is -2.27.